The molecule has 2 aliphatic rings. The third-order valence-corrected chi connectivity index (χ3v) is 4.11. The second-order valence-electron chi connectivity index (χ2n) is 5.35. The topological polar surface area (TPSA) is 49.4 Å². The largest absolute Gasteiger partial charge is 0.342 e. The van der Waals surface area contributed by atoms with Crippen molar-refractivity contribution in [3.8, 4) is 0 Å². The van der Waals surface area contributed by atoms with Crippen molar-refractivity contribution in [1.29, 1.82) is 0 Å². The zero-order valence-corrected chi connectivity index (χ0v) is 11.4. The van der Waals surface area contributed by atoms with Gasteiger partial charge in [0.05, 0.1) is 0 Å². The molecule has 2 heterocycles. The van der Waals surface area contributed by atoms with Gasteiger partial charge < -0.3 is 10.2 Å². The van der Waals surface area contributed by atoms with Crippen LogP contribution in [0, 0.1) is 0 Å². The van der Waals surface area contributed by atoms with Gasteiger partial charge >= 0.3 is 0 Å². The second kappa shape index (κ2) is 4.26. The number of fused-ring (bicyclic) bond motifs is 1. The van der Waals surface area contributed by atoms with Crippen LogP contribution in [0.3, 0.4) is 0 Å². The van der Waals surface area contributed by atoms with Crippen LogP contribution < -0.4 is 5.32 Å². The van der Waals surface area contributed by atoms with Gasteiger partial charge in [0.1, 0.15) is 11.4 Å². The molecule has 0 aliphatic carbocycles. The van der Waals surface area contributed by atoms with E-state index in [9.17, 15) is 9.59 Å². The van der Waals surface area contributed by atoms with Gasteiger partial charge in [-0.05, 0) is 40.5 Å². The molecule has 4 heteroatoms. The number of rotatable bonds is 2. The maximum absolute atomic E-state index is 12.1. The normalized spacial score (nSPS) is 31.4. The number of allylic oxidation sites excluding steroid dienone is 1. The lowest BCUT2D eigenvalue weighted by molar-refractivity contribution is -0.122. The van der Waals surface area contributed by atoms with Crippen molar-refractivity contribution >= 4 is 11.7 Å². The number of hydrogen-bond donors (Lipinski definition) is 1. The third kappa shape index (κ3) is 1.76. The van der Waals surface area contributed by atoms with Gasteiger partial charge in [-0.15, -0.1) is 0 Å². The van der Waals surface area contributed by atoms with Gasteiger partial charge in [-0.2, -0.15) is 0 Å². The molecule has 0 aromatic heterocycles. The Morgan fingerprint density at radius 3 is 2.89 bits per heavy atom. The average Bonchev–Trinajstić information content (AvgIpc) is 2.76. The van der Waals surface area contributed by atoms with Gasteiger partial charge in [-0.25, -0.2) is 0 Å². The molecule has 2 aliphatic heterocycles. The molecule has 0 radical (unpaired) electrons. The van der Waals surface area contributed by atoms with Crippen molar-refractivity contribution in [2.24, 2.45) is 0 Å². The molecule has 0 aromatic carbocycles. The summed E-state index contributed by atoms with van der Waals surface area (Å²) in [4.78, 5) is 26.0. The standard InChI is InChI=1S/C14H20N2O2/c1-5-9(2)13(18)15-12-8-11(17)14(4)7-6-10(3)16(12)14/h5,8,10H,6-7H2,1-4H3,(H,15,18)/b9-5+/t10-,14-/m0/s1. The number of amides is 1. The molecule has 1 fully saturated rings. The van der Waals surface area contributed by atoms with E-state index in [0.717, 1.165) is 12.8 Å². The highest BCUT2D eigenvalue weighted by molar-refractivity contribution is 6.02. The van der Waals surface area contributed by atoms with E-state index in [-0.39, 0.29) is 11.7 Å². The highest BCUT2D eigenvalue weighted by Gasteiger charge is 2.50. The molecule has 1 amide bonds. The van der Waals surface area contributed by atoms with E-state index in [4.69, 9.17) is 0 Å². The van der Waals surface area contributed by atoms with E-state index in [1.807, 2.05) is 13.8 Å². The van der Waals surface area contributed by atoms with Crippen LogP contribution in [0.15, 0.2) is 23.5 Å². The molecule has 0 bridgehead atoms. The summed E-state index contributed by atoms with van der Waals surface area (Å²) in [5, 5.41) is 2.85. The molecule has 0 saturated carbocycles. The summed E-state index contributed by atoms with van der Waals surface area (Å²) in [6.45, 7) is 7.63. The Morgan fingerprint density at radius 2 is 2.28 bits per heavy atom. The number of nitrogens with zero attached hydrogens (tertiary/aromatic N) is 1. The SMILES string of the molecule is C/C=C(\C)C(=O)NC1=CC(=O)[C@]2(C)CC[C@H](C)N12. The first-order chi connectivity index (χ1) is 8.40. The number of ketones is 1. The van der Waals surface area contributed by atoms with E-state index in [1.54, 1.807) is 19.1 Å². The molecule has 2 atom stereocenters. The van der Waals surface area contributed by atoms with Gasteiger partial charge in [-0.1, -0.05) is 6.08 Å². The summed E-state index contributed by atoms with van der Waals surface area (Å²) in [6.07, 6.45) is 5.17. The molecule has 98 valence electrons. The minimum Gasteiger partial charge on any atom is -0.342 e. The zero-order chi connectivity index (χ0) is 13.5. The molecule has 0 unspecified atom stereocenters. The molecule has 1 N–H and O–H groups in total. The minimum atomic E-state index is -0.453. The Labute approximate surface area is 108 Å². The molecular weight excluding hydrogens is 228 g/mol. The summed E-state index contributed by atoms with van der Waals surface area (Å²) in [7, 11) is 0. The molecule has 1 saturated heterocycles. The van der Waals surface area contributed by atoms with Crippen molar-refractivity contribution in [3.63, 3.8) is 0 Å². The van der Waals surface area contributed by atoms with Crippen molar-refractivity contribution in [2.45, 2.75) is 52.1 Å². The van der Waals surface area contributed by atoms with Gasteiger partial charge in [-0.3, -0.25) is 9.59 Å². The Kier molecular flexibility index (Phi) is 3.05. The Bertz CT molecular complexity index is 464. The quantitative estimate of drug-likeness (QED) is 0.757. The van der Waals surface area contributed by atoms with Crippen molar-refractivity contribution in [1.82, 2.24) is 10.2 Å². The predicted molar refractivity (Wildman–Crippen MR) is 69.6 cm³/mol. The monoisotopic (exact) mass is 248 g/mol. The van der Waals surface area contributed by atoms with Crippen LogP contribution in [0.25, 0.3) is 0 Å². The van der Waals surface area contributed by atoms with Crippen LogP contribution in [-0.4, -0.2) is 28.2 Å². The highest BCUT2D eigenvalue weighted by atomic mass is 16.2. The van der Waals surface area contributed by atoms with Crippen LogP contribution in [0.4, 0.5) is 0 Å². The maximum atomic E-state index is 12.1. The van der Waals surface area contributed by atoms with Gasteiger partial charge in [0.15, 0.2) is 5.78 Å². The second-order valence-corrected chi connectivity index (χ2v) is 5.35. The highest BCUT2D eigenvalue weighted by Crippen LogP contribution is 2.41. The van der Waals surface area contributed by atoms with Crippen LogP contribution in [0.1, 0.15) is 40.5 Å². The minimum absolute atomic E-state index is 0.0975. The first-order valence-corrected chi connectivity index (χ1v) is 6.40. The Balaban J connectivity index is 2.22. The fraction of sp³-hybridized carbons (Fsp3) is 0.571. The summed E-state index contributed by atoms with van der Waals surface area (Å²) >= 11 is 0. The predicted octanol–water partition coefficient (Wildman–Crippen LogP) is 1.74. The average molecular weight is 248 g/mol. The van der Waals surface area contributed by atoms with Gasteiger partial charge in [0.25, 0.3) is 5.91 Å². The molecular formula is C14H20N2O2. The number of carbonyl (C=O) groups excluding carboxylic acids is 2. The van der Waals surface area contributed by atoms with Crippen LogP contribution in [-0.2, 0) is 9.59 Å². The van der Waals surface area contributed by atoms with Crippen LogP contribution >= 0.6 is 0 Å². The van der Waals surface area contributed by atoms with Crippen molar-refractivity contribution in [2.75, 3.05) is 0 Å². The molecule has 0 spiro atoms. The summed E-state index contributed by atoms with van der Waals surface area (Å²) in [5.74, 6) is 0.610. The van der Waals surface area contributed by atoms with Gasteiger partial charge in [0.2, 0.25) is 0 Å². The van der Waals surface area contributed by atoms with Crippen LogP contribution in [0.5, 0.6) is 0 Å². The van der Waals surface area contributed by atoms with E-state index in [0.29, 0.717) is 17.4 Å². The fourth-order valence-electron chi connectivity index (χ4n) is 2.76. The fourth-order valence-corrected chi connectivity index (χ4v) is 2.76. The molecule has 4 nitrogen and oxygen atoms in total. The molecule has 18 heavy (non-hydrogen) atoms. The lowest BCUT2D eigenvalue weighted by atomic mass is 9.96. The lowest BCUT2D eigenvalue weighted by Crippen LogP contribution is -2.47. The van der Waals surface area contributed by atoms with E-state index in [2.05, 4.69) is 17.1 Å². The van der Waals surface area contributed by atoms with E-state index >= 15 is 0 Å². The third-order valence-electron chi connectivity index (χ3n) is 4.11. The van der Waals surface area contributed by atoms with Crippen molar-refractivity contribution < 1.29 is 9.59 Å². The van der Waals surface area contributed by atoms with E-state index in [1.165, 1.54) is 0 Å². The first-order valence-electron chi connectivity index (χ1n) is 6.40. The van der Waals surface area contributed by atoms with Gasteiger partial charge in [0, 0.05) is 17.7 Å². The van der Waals surface area contributed by atoms with E-state index < -0.39 is 5.54 Å². The zero-order valence-electron chi connectivity index (χ0n) is 11.4. The number of carbonyl (C=O) groups is 2. The number of nitrogens with one attached hydrogen (secondary N) is 1. The Hall–Kier alpha value is -1.58. The summed E-state index contributed by atoms with van der Waals surface area (Å²) in [5.41, 5.74) is 0.204. The molecule has 0 aromatic rings. The maximum Gasteiger partial charge on any atom is 0.252 e. The summed E-state index contributed by atoms with van der Waals surface area (Å²) in [6, 6.07) is 0.291. The molecule has 2 rings (SSSR count). The summed E-state index contributed by atoms with van der Waals surface area (Å²) < 4.78 is 0. The van der Waals surface area contributed by atoms with Crippen LogP contribution in [0.2, 0.25) is 0 Å². The smallest absolute Gasteiger partial charge is 0.252 e. The van der Waals surface area contributed by atoms with Crippen molar-refractivity contribution in [3.05, 3.63) is 23.5 Å². The lowest BCUT2D eigenvalue weighted by Gasteiger charge is -2.33. The Morgan fingerprint density at radius 1 is 1.61 bits per heavy atom. The number of hydrogen-bond acceptors (Lipinski definition) is 3. The first kappa shape index (κ1) is 12.9.